The molecule has 0 radical (unpaired) electrons. The second-order valence-electron chi connectivity index (χ2n) is 14.2. The molecular weight excluding hydrogens is 692 g/mol. The number of hydrogen-bond donors (Lipinski definition) is 3. The van der Waals surface area contributed by atoms with Crippen molar-refractivity contribution in [3.63, 3.8) is 0 Å². The summed E-state index contributed by atoms with van der Waals surface area (Å²) in [6.45, 7) is 10.7. The summed E-state index contributed by atoms with van der Waals surface area (Å²) < 4.78 is 31.3. The van der Waals surface area contributed by atoms with Gasteiger partial charge < -0.3 is 43.8 Å². The van der Waals surface area contributed by atoms with Crippen LogP contribution in [0.1, 0.15) is 75.3 Å². The van der Waals surface area contributed by atoms with Crippen molar-refractivity contribution in [1.29, 1.82) is 0 Å². The van der Waals surface area contributed by atoms with Crippen LogP contribution in [0, 0.1) is 17.8 Å². The predicted octanol–water partition coefficient (Wildman–Crippen LogP) is 6.99. The number of hydrogen-bond acceptors (Lipinski definition) is 11. The molecule has 0 bridgehead atoms. The van der Waals surface area contributed by atoms with Gasteiger partial charge >= 0.3 is 6.09 Å². The SMILES string of the molecule is C=CCCOC(=O)N(Cc1ccc2c(c1)OCO2)C1CC(=NOCC)C2=CC(CCCCO)C(CCCCO)C3c4cc(O)ccc4OC1(OCC=C)C23. The molecule has 1 amide bonds. The maximum atomic E-state index is 14.5. The maximum absolute atomic E-state index is 14.5. The summed E-state index contributed by atoms with van der Waals surface area (Å²) in [7, 11) is 0. The Hall–Kier alpha value is -4.52. The van der Waals surface area contributed by atoms with Crippen LogP contribution in [0.3, 0.4) is 0 Å². The number of carbonyl (C=O) groups is 1. The van der Waals surface area contributed by atoms with Crippen molar-refractivity contribution >= 4 is 11.8 Å². The smallest absolute Gasteiger partial charge is 0.410 e. The quantitative estimate of drug-likeness (QED) is 0.0781. The topological polar surface area (TPSA) is 149 Å². The van der Waals surface area contributed by atoms with Crippen molar-refractivity contribution in [1.82, 2.24) is 4.90 Å². The van der Waals surface area contributed by atoms with Crippen molar-refractivity contribution in [3.8, 4) is 23.0 Å². The van der Waals surface area contributed by atoms with Gasteiger partial charge in [-0.25, -0.2) is 4.79 Å². The molecule has 6 atom stereocenters. The average Bonchev–Trinajstić information content (AvgIpc) is 3.65. The lowest BCUT2D eigenvalue weighted by Crippen LogP contribution is -2.70. The third kappa shape index (κ3) is 8.11. The number of aliphatic hydroxyl groups excluding tert-OH is 2. The summed E-state index contributed by atoms with van der Waals surface area (Å²) in [5.74, 6) is -0.207. The minimum Gasteiger partial charge on any atom is -0.508 e. The highest BCUT2D eigenvalue weighted by Crippen LogP contribution is 2.62. The van der Waals surface area contributed by atoms with Crippen molar-refractivity contribution < 1.29 is 48.6 Å². The van der Waals surface area contributed by atoms with Crippen LogP contribution >= 0.6 is 0 Å². The third-order valence-corrected chi connectivity index (χ3v) is 10.9. The Morgan fingerprint density at radius 1 is 1.02 bits per heavy atom. The lowest BCUT2D eigenvalue weighted by Gasteiger charge is -2.59. The molecule has 0 aromatic heterocycles. The largest absolute Gasteiger partial charge is 0.508 e. The van der Waals surface area contributed by atoms with Gasteiger partial charge in [0.2, 0.25) is 12.6 Å². The van der Waals surface area contributed by atoms with E-state index >= 15 is 0 Å². The number of phenols is 1. The number of aliphatic hydroxyl groups is 2. The number of oxime groups is 1. The summed E-state index contributed by atoms with van der Waals surface area (Å²) in [6.07, 6.45) is 10.3. The molecule has 2 aliphatic carbocycles. The molecule has 2 aromatic carbocycles. The molecule has 2 heterocycles. The van der Waals surface area contributed by atoms with E-state index in [1.54, 1.807) is 35.3 Å². The fourth-order valence-corrected chi connectivity index (χ4v) is 8.65. The Labute approximate surface area is 317 Å². The number of allylic oxidation sites excluding steroid dienone is 1. The number of nitrogens with zero attached hydrogens (tertiary/aromatic N) is 2. The molecule has 1 fully saturated rings. The van der Waals surface area contributed by atoms with Gasteiger partial charge in [-0.15, -0.1) is 13.2 Å². The average molecular weight is 747 g/mol. The number of ether oxygens (including phenoxy) is 5. The normalized spacial score (nSPS) is 25.5. The third-order valence-electron chi connectivity index (χ3n) is 10.9. The summed E-state index contributed by atoms with van der Waals surface area (Å²) in [5, 5.41) is 35.2. The van der Waals surface area contributed by atoms with Crippen molar-refractivity contribution in [2.75, 3.05) is 39.8 Å². The van der Waals surface area contributed by atoms with Crippen LogP contribution in [0.25, 0.3) is 0 Å². The van der Waals surface area contributed by atoms with Gasteiger partial charge in [-0.3, -0.25) is 4.90 Å². The van der Waals surface area contributed by atoms with E-state index in [0.29, 0.717) is 48.8 Å². The molecule has 1 saturated carbocycles. The maximum Gasteiger partial charge on any atom is 0.410 e. The Bertz CT molecular complexity index is 1690. The molecule has 54 heavy (non-hydrogen) atoms. The minimum atomic E-state index is -1.46. The second kappa shape index (κ2) is 18.2. The molecule has 0 saturated heterocycles. The van der Waals surface area contributed by atoms with E-state index < -0.39 is 23.8 Å². The second-order valence-corrected chi connectivity index (χ2v) is 14.2. The zero-order valence-corrected chi connectivity index (χ0v) is 31.2. The van der Waals surface area contributed by atoms with Crippen LogP contribution in [0.5, 0.6) is 23.0 Å². The van der Waals surface area contributed by atoms with E-state index in [4.69, 9.17) is 33.7 Å². The summed E-state index contributed by atoms with van der Waals surface area (Å²) >= 11 is 0. The van der Waals surface area contributed by atoms with Crippen LogP contribution in [0.4, 0.5) is 4.79 Å². The number of amides is 1. The molecular formula is C42H54N2O10. The molecule has 12 nitrogen and oxygen atoms in total. The highest BCUT2D eigenvalue weighted by Gasteiger charge is 2.65. The van der Waals surface area contributed by atoms with E-state index in [1.165, 1.54) is 0 Å². The van der Waals surface area contributed by atoms with Crippen LogP contribution < -0.4 is 14.2 Å². The fourth-order valence-electron chi connectivity index (χ4n) is 8.65. The van der Waals surface area contributed by atoms with Gasteiger partial charge in [0.05, 0.1) is 24.8 Å². The zero-order valence-electron chi connectivity index (χ0n) is 31.2. The molecule has 292 valence electrons. The van der Waals surface area contributed by atoms with Gasteiger partial charge in [-0.2, -0.15) is 0 Å². The Morgan fingerprint density at radius 2 is 1.80 bits per heavy atom. The molecule has 0 spiro atoms. The highest BCUT2D eigenvalue weighted by molar-refractivity contribution is 6.03. The standard InChI is InChI=1S/C42H54N2O10/c1-4-7-21-49-41(48)44(26-28-14-16-36-37(22-28)51-27-50-36)38-25-34(43-53-6-3)32-23-29(12-8-10-18-45)31(13-9-11-19-46)39-33-24-30(47)15-17-35(33)54-42(38,40(32)39)52-20-5-2/h4-5,14-17,22-24,29,31,38-40,45-47H,1-2,6-13,18-21,25-27H2,3H3. The highest BCUT2D eigenvalue weighted by atomic mass is 16.7. The summed E-state index contributed by atoms with van der Waals surface area (Å²) in [5.41, 5.74) is 3.23. The number of rotatable bonds is 19. The van der Waals surface area contributed by atoms with Crippen molar-refractivity contribution in [2.24, 2.45) is 22.9 Å². The zero-order chi connectivity index (χ0) is 38.1. The molecule has 4 aliphatic rings. The first kappa shape index (κ1) is 39.2. The van der Waals surface area contributed by atoms with Crippen LogP contribution in [0.15, 0.2) is 78.5 Å². The number of carbonyl (C=O) groups excluding carboxylic acids is 1. The van der Waals surface area contributed by atoms with Gasteiger partial charge in [0.25, 0.3) is 0 Å². The first-order chi connectivity index (χ1) is 26.4. The summed E-state index contributed by atoms with van der Waals surface area (Å²) in [4.78, 5) is 21.9. The lowest BCUT2D eigenvalue weighted by molar-refractivity contribution is -0.256. The Morgan fingerprint density at radius 3 is 2.56 bits per heavy atom. The molecule has 3 N–H and O–H groups in total. The number of phenolic OH excluding ortho intramolecular Hbond substituents is 1. The first-order valence-corrected chi connectivity index (χ1v) is 19.2. The van der Waals surface area contributed by atoms with E-state index in [-0.39, 0.29) is 69.7 Å². The van der Waals surface area contributed by atoms with Crippen LogP contribution in [-0.4, -0.2) is 83.7 Å². The fraction of sp³-hybridized carbons (Fsp3) is 0.524. The van der Waals surface area contributed by atoms with Crippen molar-refractivity contribution in [3.05, 3.63) is 84.5 Å². The number of unbranched alkanes of at least 4 members (excludes halogenated alkanes) is 2. The predicted molar refractivity (Wildman–Crippen MR) is 203 cm³/mol. The lowest BCUT2D eigenvalue weighted by atomic mass is 9.55. The Kier molecular flexibility index (Phi) is 13.2. The molecule has 6 unspecified atom stereocenters. The number of fused-ring (bicyclic) bond motifs is 3. The van der Waals surface area contributed by atoms with Gasteiger partial charge in [-0.05, 0) is 92.3 Å². The van der Waals surface area contributed by atoms with Crippen molar-refractivity contribution in [2.45, 2.75) is 82.6 Å². The van der Waals surface area contributed by atoms with Crippen LogP contribution in [-0.2, 0) is 20.9 Å². The number of aromatic hydroxyl groups is 1. The first-order valence-electron chi connectivity index (χ1n) is 19.2. The van der Waals surface area contributed by atoms with Gasteiger partial charge in [0.1, 0.15) is 24.1 Å². The molecule has 6 rings (SSSR count). The van der Waals surface area contributed by atoms with Gasteiger partial charge in [0.15, 0.2) is 11.5 Å². The van der Waals surface area contributed by atoms with E-state index in [9.17, 15) is 20.1 Å². The molecule has 2 aromatic rings. The molecule has 12 heteroatoms. The summed E-state index contributed by atoms with van der Waals surface area (Å²) in [6, 6.07) is 9.97. The van der Waals surface area contributed by atoms with E-state index in [1.807, 2.05) is 25.1 Å². The molecule has 2 aliphatic heterocycles. The van der Waals surface area contributed by atoms with Crippen LogP contribution in [0.2, 0.25) is 0 Å². The van der Waals surface area contributed by atoms with E-state index in [0.717, 1.165) is 42.4 Å². The number of benzene rings is 2. The minimum absolute atomic E-state index is 0.0362. The Balaban J connectivity index is 1.57. The van der Waals surface area contributed by atoms with Gasteiger partial charge in [0, 0.05) is 37.7 Å². The monoisotopic (exact) mass is 746 g/mol. The van der Waals surface area contributed by atoms with Gasteiger partial charge in [-0.1, -0.05) is 42.3 Å². The van der Waals surface area contributed by atoms with E-state index in [2.05, 4.69) is 19.2 Å².